The highest BCUT2D eigenvalue weighted by atomic mass is 79.9. The highest BCUT2D eigenvalue weighted by Gasteiger charge is 2.30. The van der Waals surface area contributed by atoms with Crippen LogP contribution in [0, 0.1) is 0 Å². The molecular weight excluding hydrogens is 328 g/mol. The normalized spacial score (nSPS) is 22.6. The van der Waals surface area contributed by atoms with E-state index in [1.54, 1.807) is 0 Å². The summed E-state index contributed by atoms with van der Waals surface area (Å²) in [5, 5.41) is 0. The molecule has 0 bridgehead atoms. The molecule has 94 valence electrons. The molecule has 0 spiro atoms. The van der Waals surface area contributed by atoms with E-state index in [2.05, 4.69) is 15.9 Å². The molecule has 1 aliphatic heterocycles. The third kappa shape index (κ3) is 3.14. The maximum atomic E-state index is 11.4. The lowest BCUT2D eigenvalue weighted by atomic mass is 10.2. The van der Waals surface area contributed by atoms with Crippen molar-refractivity contribution in [1.29, 1.82) is 0 Å². The highest BCUT2D eigenvalue weighted by Crippen LogP contribution is 2.32. The smallest absolute Gasteiger partial charge is 0.154 e. The SMILES string of the molecule is O=S1(=O)CCC(Oc2c(Br)cccc2CCl)C1. The van der Waals surface area contributed by atoms with Gasteiger partial charge in [-0.05, 0) is 28.4 Å². The molecule has 1 aromatic carbocycles. The average molecular weight is 340 g/mol. The Morgan fingerprint density at radius 1 is 1.47 bits per heavy atom. The van der Waals surface area contributed by atoms with Gasteiger partial charge in [0.1, 0.15) is 11.9 Å². The predicted molar refractivity (Wildman–Crippen MR) is 71.4 cm³/mol. The largest absolute Gasteiger partial charge is 0.488 e. The summed E-state index contributed by atoms with van der Waals surface area (Å²) >= 11 is 9.22. The zero-order chi connectivity index (χ0) is 12.5. The second-order valence-corrected chi connectivity index (χ2v) is 7.35. The van der Waals surface area contributed by atoms with Gasteiger partial charge in [-0.1, -0.05) is 12.1 Å². The molecule has 6 heteroatoms. The van der Waals surface area contributed by atoms with E-state index in [-0.39, 0.29) is 17.6 Å². The Morgan fingerprint density at radius 2 is 2.24 bits per heavy atom. The molecule has 1 aliphatic rings. The van der Waals surface area contributed by atoms with Crippen molar-refractivity contribution in [2.24, 2.45) is 0 Å². The van der Waals surface area contributed by atoms with Crippen molar-refractivity contribution in [2.75, 3.05) is 11.5 Å². The van der Waals surface area contributed by atoms with Gasteiger partial charge >= 0.3 is 0 Å². The molecule has 1 unspecified atom stereocenters. The molecule has 0 saturated carbocycles. The van der Waals surface area contributed by atoms with E-state index in [0.717, 1.165) is 10.0 Å². The van der Waals surface area contributed by atoms with Crippen LogP contribution in [-0.4, -0.2) is 26.0 Å². The van der Waals surface area contributed by atoms with Crippen LogP contribution in [0.3, 0.4) is 0 Å². The fraction of sp³-hybridized carbons (Fsp3) is 0.455. The van der Waals surface area contributed by atoms with E-state index in [9.17, 15) is 8.42 Å². The molecule has 0 aliphatic carbocycles. The lowest BCUT2D eigenvalue weighted by molar-refractivity contribution is 0.225. The van der Waals surface area contributed by atoms with Gasteiger partial charge in [0.05, 0.1) is 21.9 Å². The van der Waals surface area contributed by atoms with Crippen LogP contribution >= 0.6 is 27.5 Å². The molecule has 1 saturated heterocycles. The number of ether oxygens (including phenoxy) is 1. The van der Waals surface area contributed by atoms with Crippen LogP contribution < -0.4 is 4.74 Å². The van der Waals surface area contributed by atoms with E-state index >= 15 is 0 Å². The third-order valence-corrected chi connectivity index (χ3v) is 5.32. The summed E-state index contributed by atoms with van der Waals surface area (Å²) in [6.45, 7) is 0. The van der Waals surface area contributed by atoms with Gasteiger partial charge in [-0.15, -0.1) is 11.6 Å². The molecule has 1 heterocycles. The van der Waals surface area contributed by atoms with Crippen molar-refractivity contribution in [3.8, 4) is 5.75 Å². The Hall–Kier alpha value is -0.260. The zero-order valence-corrected chi connectivity index (χ0v) is 12.2. The van der Waals surface area contributed by atoms with Crippen molar-refractivity contribution >= 4 is 37.4 Å². The van der Waals surface area contributed by atoms with Gasteiger partial charge < -0.3 is 4.74 Å². The van der Waals surface area contributed by atoms with Crippen LogP contribution in [0.15, 0.2) is 22.7 Å². The Morgan fingerprint density at radius 3 is 2.82 bits per heavy atom. The number of benzene rings is 1. The second kappa shape index (κ2) is 5.16. The quantitative estimate of drug-likeness (QED) is 0.795. The van der Waals surface area contributed by atoms with E-state index in [0.29, 0.717) is 18.1 Å². The van der Waals surface area contributed by atoms with Crippen LogP contribution in [0.25, 0.3) is 0 Å². The van der Waals surface area contributed by atoms with Crippen LogP contribution in [-0.2, 0) is 15.7 Å². The van der Waals surface area contributed by atoms with Crippen LogP contribution in [0.2, 0.25) is 0 Å². The summed E-state index contributed by atoms with van der Waals surface area (Å²) in [6.07, 6.45) is 0.284. The number of para-hydroxylation sites is 1. The lowest BCUT2D eigenvalue weighted by Crippen LogP contribution is -2.18. The second-order valence-electron chi connectivity index (χ2n) is 4.00. The number of hydrogen-bond acceptors (Lipinski definition) is 3. The molecule has 0 N–H and O–H groups in total. The van der Waals surface area contributed by atoms with Crippen LogP contribution in [0.1, 0.15) is 12.0 Å². The number of halogens is 2. The van der Waals surface area contributed by atoms with E-state index in [1.165, 1.54) is 0 Å². The first-order valence-electron chi connectivity index (χ1n) is 5.22. The van der Waals surface area contributed by atoms with Gasteiger partial charge in [0.15, 0.2) is 9.84 Å². The van der Waals surface area contributed by atoms with Crippen LogP contribution in [0.5, 0.6) is 5.75 Å². The van der Waals surface area contributed by atoms with E-state index in [1.807, 2.05) is 18.2 Å². The highest BCUT2D eigenvalue weighted by molar-refractivity contribution is 9.10. The minimum absolute atomic E-state index is 0.0933. The Bertz CT molecular complexity index is 515. The molecular formula is C11H12BrClO3S. The van der Waals surface area contributed by atoms with E-state index in [4.69, 9.17) is 16.3 Å². The monoisotopic (exact) mass is 338 g/mol. The average Bonchev–Trinajstić information content (AvgIpc) is 2.61. The summed E-state index contributed by atoms with van der Waals surface area (Å²) in [5.74, 6) is 1.30. The summed E-state index contributed by atoms with van der Waals surface area (Å²) in [4.78, 5) is 0. The maximum Gasteiger partial charge on any atom is 0.154 e. The zero-order valence-electron chi connectivity index (χ0n) is 9.03. The van der Waals surface area contributed by atoms with Crippen molar-refractivity contribution < 1.29 is 13.2 Å². The Balaban J connectivity index is 2.19. The summed E-state index contributed by atoms with van der Waals surface area (Å²) < 4.78 is 29.3. The van der Waals surface area contributed by atoms with Crippen molar-refractivity contribution in [2.45, 2.75) is 18.4 Å². The topological polar surface area (TPSA) is 43.4 Å². The van der Waals surface area contributed by atoms with Gasteiger partial charge in [0.2, 0.25) is 0 Å². The number of sulfone groups is 1. The molecule has 2 rings (SSSR count). The molecule has 0 radical (unpaired) electrons. The van der Waals surface area contributed by atoms with Crippen molar-refractivity contribution in [3.05, 3.63) is 28.2 Å². The fourth-order valence-corrected chi connectivity index (χ4v) is 4.11. The minimum atomic E-state index is -2.92. The van der Waals surface area contributed by atoms with Gasteiger partial charge in [-0.25, -0.2) is 8.42 Å². The van der Waals surface area contributed by atoms with Gasteiger partial charge in [0.25, 0.3) is 0 Å². The number of rotatable bonds is 3. The molecule has 17 heavy (non-hydrogen) atoms. The first-order valence-corrected chi connectivity index (χ1v) is 8.37. The molecule has 0 aromatic heterocycles. The Kier molecular flexibility index (Phi) is 4.00. The predicted octanol–water partition coefficient (Wildman–Crippen LogP) is 2.75. The fourth-order valence-electron chi connectivity index (χ4n) is 1.81. The molecule has 1 fully saturated rings. The maximum absolute atomic E-state index is 11.4. The Labute approximate surface area is 114 Å². The molecule has 0 amide bonds. The molecule has 1 aromatic rings. The molecule has 1 atom stereocenters. The molecule has 3 nitrogen and oxygen atoms in total. The third-order valence-electron chi connectivity index (χ3n) is 2.67. The first-order chi connectivity index (χ1) is 8.02. The summed E-state index contributed by atoms with van der Waals surface area (Å²) in [6, 6.07) is 5.60. The van der Waals surface area contributed by atoms with Gasteiger partial charge in [-0.3, -0.25) is 0 Å². The summed E-state index contributed by atoms with van der Waals surface area (Å²) in [7, 11) is -2.92. The summed E-state index contributed by atoms with van der Waals surface area (Å²) in [5.41, 5.74) is 0.866. The lowest BCUT2D eigenvalue weighted by Gasteiger charge is -2.16. The standard InChI is InChI=1S/C11H12BrClO3S/c12-10-3-1-2-8(6-13)11(10)16-9-4-5-17(14,15)7-9/h1-3,9H,4-7H2. The van der Waals surface area contributed by atoms with Crippen LogP contribution in [0.4, 0.5) is 0 Å². The minimum Gasteiger partial charge on any atom is -0.488 e. The first kappa shape index (κ1) is 13.2. The number of hydrogen-bond donors (Lipinski definition) is 0. The number of alkyl halides is 1. The van der Waals surface area contributed by atoms with Gasteiger partial charge in [-0.2, -0.15) is 0 Å². The van der Waals surface area contributed by atoms with Crippen molar-refractivity contribution in [3.63, 3.8) is 0 Å². The van der Waals surface area contributed by atoms with Crippen molar-refractivity contribution in [1.82, 2.24) is 0 Å². The van der Waals surface area contributed by atoms with Gasteiger partial charge in [0, 0.05) is 5.56 Å². The van der Waals surface area contributed by atoms with E-state index < -0.39 is 9.84 Å².